The Labute approximate surface area is 620 Å². The lowest BCUT2D eigenvalue weighted by molar-refractivity contribution is 0.590. The van der Waals surface area contributed by atoms with Crippen molar-refractivity contribution in [1.29, 1.82) is 0 Å². The molecule has 0 atom stereocenters. The number of anilines is 4. The van der Waals surface area contributed by atoms with Gasteiger partial charge < -0.3 is 28.6 Å². The number of nitrogens with zero attached hydrogens (tertiary/aromatic N) is 3. The van der Waals surface area contributed by atoms with Gasteiger partial charge in [-0.1, -0.05) is 241 Å². The van der Waals surface area contributed by atoms with E-state index in [0.717, 1.165) is 92.5 Å². The van der Waals surface area contributed by atoms with Gasteiger partial charge in [0.15, 0.2) is 0 Å². The van der Waals surface area contributed by atoms with Gasteiger partial charge in [0.1, 0.15) is 22.3 Å². The summed E-state index contributed by atoms with van der Waals surface area (Å²) in [7, 11) is 0. The molecule has 12 aromatic carbocycles. The van der Waals surface area contributed by atoms with Gasteiger partial charge in [-0.3, -0.25) is 0 Å². The lowest BCUT2D eigenvalue weighted by Crippen LogP contribution is -2.15. The minimum Gasteiger partial charge on any atom is -0.456 e. The highest BCUT2D eigenvalue weighted by atomic mass is 79.9. The Morgan fingerprint density at radius 2 is 0.863 bits per heavy atom. The van der Waals surface area contributed by atoms with Gasteiger partial charge in [0.25, 0.3) is 0 Å². The zero-order valence-electron chi connectivity index (χ0n) is 59.5. The van der Waals surface area contributed by atoms with Crippen LogP contribution in [0.1, 0.15) is 114 Å². The molecule has 6 nitrogen and oxygen atoms in total. The summed E-state index contributed by atoms with van der Waals surface area (Å²) < 4.78 is 18.0. The van der Waals surface area contributed by atoms with Crippen molar-refractivity contribution in [1.82, 2.24) is 9.13 Å². The predicted molar refractivity (Wildman–Crippen MR) is 438 cm³/mol. The third-order valence-corrected chi connectivity index (χ3v) is 21.6. The fraction of sp³-hybridized carbons (Fsp3) is 0.174. The number of furan rings is 2. The van der Waals surface area contributed by atoms with Crippen molar-refractivity contribution in [3.05, 3.63) is 319 Å². The van der Waals surface area contributed by atoms with E-state index in [1.54, 1.807) is 0 Å². The molecule has 2 N–H and O–H groups in total. The molecule has 2 aliphatic carbocycles. The second kappa shape index (κ2) is 26.0. The predicted octanol–water partition coefficient (Wildman–Crippen LogP) is 28.0. The zero-order chi connectivity index (χ0) is 71.5. The molecule has 0 aliphatic heterocycles. The average Bonchev–Trinajstić information content (AvgIpc) is 1.52. The van der Waals surface area contributed by atoms with Crippen LogP contribution in [-0.2, 0) is 21.7 Å². The molecule has 0 amide bonds. The Bertz CT molecular complexity index is 5950. The molecule has 4 aromatic heterocycles. The largest absolute Gasteiger partial charge is 0.456 e. The molecule has 16 aromatic rings. The number of fused-ring (bicyclic) bond motifs is 16. The molecule has 2 aliphatic rings. The van der Waals surface area contributed by atoms with E-state index in [4.69, 9.17) is 49.4 Å². The smallest absolute Gasteiger partial charge is 0.137 e. The average molecular weight is 1460 g/mol. The minimum absolute atomic E-state index is 0.0327. The summed E-state index contributed by atoms with van der Waals surface area (Å²) >= 11 is 22.1. The molecule has 0 saturated carbocycles. The normalized spacial score (nSPS) is 13.3. The molecule has 102 heavy (non-hydrogen) atoms. The van der Waals surface area contributed by atoms with Crippen molar-refractivity contribution in [2.45, 2.75) is 105 Å². The third kappa shape index (κ3) is 12.1. The molecule has 4 heterocycles. The second-order valence-corrected chi connectivity index (χ2v) is 32.5. The first kappa shape index (κ1) is 68.1. The molecule has 0 bridgehead atoms. The van der Waals surface area contributed by atoms with Crippen LogP contribution < -0.4 is 10.6 Å². The number of nitrogen functional groups attached to an aromatic ring is 1. The van der Waals surface area contributed by atoms with Crippen LogP contribution in [0.25, 0.3) is 99.6 Å². The van der Waals surface area contributed by atoms with Crippen molar-refractivity contribution in [3.8, 4) is 33.9 Å². The molecule has 0 spiro atoms. The van der Waals surface area contributed by atoms with Gasteiger partial charge in [0.2, 0.25) is 0 Å². The number of halogens is 4. The van der Waals surface area contributed by atoms with Crippen molar-refractivity contribution in [2.24, 2.45) is 0 Å². The lowest BCUT2D eigenvalue weighted by atomic mass is 9.80. The Morgan fingerprint density at radius 3 is 1.38 bits per heavy atom. The van der Waals surface area contributed by atoms with E-state index in [-0.39, 0.29) is 21.7 Å². The van der Waals surface area contributed by atoms with E-state index < -0.39 is 0 Å². The van der Waals surface area contributed by atoms with E-state index in [0.29, 0.717) is 5.02 Å². The first-order valence-corrected chi connectivity index (χ1v) is 36.7. The molecule has 18 rings (SSSR count). The Kier molecular flexibility index (Phi) is 17.3. The Hall–Kier alpha value is -9.73. The van der Waals surface area contributed by atoms with Crippen molar-refractivity contribution >= 4 is 139 Å². The maximum atomic E-state index is 6.70. The standard InChI is InChI=1S/C46H39ClN2O.C28H28ClN.C12H9NO.C6H4BrCl/c1-28-23-32(48(31-14-11-13-30(47)26-31)39-18-12-20-41-42(39)35-16-8-10-19-40(35)50-41)27-33(24-28)49-38-22-21-29(45(2,3)4)25-36(38)43-44(49)34-15-7-9-17-37(34)46(43,5)6;1-17-13-19(29)16-20(14-17)30-24-12-11-18(27(2,3)4)15-22(24)25-26(30)21-9-7-8-10-23(21)28(25,5)6;13-9-5-3-7-11-12(9)8-4-1-2-6-10(8)14-11;7-5-2-1-3-6(8)4-5/h7-27H,1-6H3;7-16H,1-6H3;1-7H,13H2;1-4H. The highest BCUT2D eigenvalue weighted by molar-refractivity contribution is 9.10. The minimum atomic E-state index is -0.149. The topological polar surface area (TPSA) is 65.4 Å². The van der Waals surface area contributed by atoms with Crippen LogP contribution in [0, 0.1) is 13.8 Å². The first-order chi connectivity index (χ1) is 48.7. The number of hydrogen-bond donors (Lipinski definition) is 1. The van der Waals surface area contributed by atoms with Crippen LogP contribution in [0.5, 0.6) is 0 Å². The van der Waals surface area contributed by atoms with Gasteiger partial charge in [-0.25, -0.2) is 0 Å². The fourth-order valence-corrected chi connectivity index (χ4v) is 16.8. The van der Waals surface area contributed by atoms with Crippen molar-refractivity contribution < 1.29 is 8.83 Å². The number of rotatable bonds is 5. The Balaban J connectivity index is 0.000000134. The van der Waals surface area contributed by atoms with E-state index in [1.165, 1.54) is 88.8 Å². The van der Waals surface area contributed by atoms with Crippen LogP contribution in [0.2, 0.25) is 15.1 Å². The van der Waals surface area contributed by atoms with Crippen LogP contribution in [-0.4, -0.2) is 9.13 Å². The SMILES string of the molecule is Cc1cc(Cl)cc(-n2c3c(c4cc(C(C)(C)C)ccc42)C(C)(C)c2ccccc2-3)c1.Cc1cc(N(c2cccc(Cl)c2)c2cccc3oc4ccccc4c23)cc(-n2c3c(c4cc(C(C)(C)C)ccc42)C(C)(C)c2ccccc2-3)c1.Clc1cccc(Br)c1.Nc1cccc2oc3ccccc3c12. The molecule has 0 radical (unpaired) electrons. The molecular weight excluding hydrogens is 1380 g/mol. The fourth-order valence-electron chi connectivity index (χ4n) is 15.7. The summed E-state index contributed by atoms with van der Waals surface area (Å²) in [5.41, 5.74) is 33.7. The van der Waals surface area contributed by atoms with Gasteiger partial charge in [-0.2, -0.15) is 0 Å². The maximum Gasteiger partial charge on any atom is 0.137 e. The summed E-state index contributed by atoms with van der Waals surface area (Å²) in [5.74, 6) is 0. The van der Waals surface area contributed by atoms with E-state index in [2.05, 4.69) is 265 Å². The summed E-state index contributed by atoms with van der Waals surface area (Å²) in [5, 5.41) is 9.15. The second-order valence-electron chi connectivity index (χ2n) is 30.3. The zero-order valence-corrected chi connectivity index (χ0v) is 63.3. The number of aromatic nitrogens is 2. The van der Waals surface area contributed by atoms with Crippen molar-refractivity contribution in [3.63, 3.8) is 0 Å². The number of aryl methyl sites for hydroxylation is 2. The lowest BCUT2D eigenvalue weighted by Gasteiger charge is -2.27. The maximum absolute atomic E-state index is 6.70. The van der Waals surface area contributed by atoms with Gasteiger partial charge in [0.05, 0.1) is 38.9 Å². The monoisotopic (exact) mass is 1460 g/mol. The van der Waals surface area contributed by atoms with Gasteiger partial charge >= 0.3 is 0 Å². The first-order valence-electron chi connectivity index (χ1n) is 34.8. The Morgan fingerprint density at radius 1 is 0.402 bits per heavy atom. The molecule has 10 heteroatoms. The molecular formula is C92H80BrCl3N4O2. The van der Waals surface area contributed by atoms with Crippen molar-refractivity contribution in [2.75, 3.05) is 10.6 Å². The van der Waals surface area contributed by atoms with Gasteiger partial charge in [0, 0.05) is 91.5 Å². The van der Waals surface area contributed by atoms with Crippen LogP contribution in [0.3, 0.4) is 0 Å². The number of hydrogen-bond acceptors (Lipinski definition) is 4. The molecule has 508 valence electrons. The number of nitrogens with two attached hydrogens (primary N) is 1. The van der Waals surface area contributed by atoms with Crippen LogP contribution in [0.15, 0.2) is 268 Å². The molecule has 0 saturated heterocycles. The van der Waals surface area contributed by atoms with E-state index >= 15 is 0 Å². The molecule has 0 unspecified atom stereocenters. The van der Waals surface area contributed by atoms with Crippen LogP contribution in [0.4, 0.5) is 22.7 Å². The summed E-state index contributed by atoms with van der Waals surface area (Å²) in [6, 6.07) is 89.0. The summed E-state index contributed by atoms with van der Waals surface area (Å²) in [6.45, 7) is 27.5. The summed E-state index contributed by atoms with van der Waals surface area (Å²) in [6.07, 6.45) is 0. The molecule has 0 fully saturated rings. The van der Waals surface area contributed by atoms with E-state index in [1.807, 2.05) is 103 Å². The highest BCUT2D eigenvalue weighted by Gasteiger charge is 2.43. The van der Waals surface area contributed by atoms with E-state index in [9.17, 15) is 0 Å². The highest BCUT2D eigenvalue weighted by Crippen LogP contribution is 2.57. The van der Waals surface area contributed by atoms with Gasteiger partial charge in [-0.15, -0.1) is 0 Å². The third-order valence-electron chi connectivity index (χ3n) is 20.4. The quantitative estimate of drug-likeness (QED) is 0.174. The number of benzene rings is 12. The van der Waals surface area contributed by atoms with Gasteiger partial charge in [-0.05, 0) is 203 Å². The summed E-state index contributed by atoms with van der Waals surface area (Å²) in [4.78, 5) is 2.33. The van der Waals surface area contributed by atoms with Crippen LogP contribution >= 0.6 is 50.7 Å². The number of para-hydroxylation sites is 2.